The molecule has 1 aromatic carbocycles. The van der Waals surface area contributed by atoms with Gasteiger partial charge in [0.05, 0.1) is 24.5 Å². The van der Waals surface area contributed by atoms with Crippen LogP contribution in [0.25, 0.3) is 11.5 Å². The number of aliphatic imine (C=N–C) groups is 1. The van der Waals surface area contributed by atoms with Crippen LogP contribution in [0.3, 0.4) is 0 Å². The maximum Gasteiger partial charge on any atom is 0.226 e. The van der Waals surface area contributed by atoms with Crippen molar-refractivity contribution in [3.8, 4) is 11.5 Å². The van der Waals surface area contributed by atoms with Crippen LogP contribution in [0, 0.1) is 0 Å². The van der Waals surface area contributed by atoms with Crippen molar-refractivity contribution in [2.75, 3.05) is 7.05 Å². The first-order valence-electron chi connectivity index (χ1n) is 7.67. The molecular weight excluding hydrogens is 431 g/mol. The Morgan fingerprint density at radius 1 is 1.16 bits per heavy atom. The van der Waals surface area contributed by atoms with Gasteiger partial charge in [-0.2, -0.15) is 5.10 Å². The summed E-state index contributed by atoms with van der Waals surface area (Å²) in [6, 6.07) is 11.8. The molecule has 0 saturated carbocycles. The molecule has 2 heterocycles. The second-order valence-corrected chi connectivity index (χ2v) is 5.24. The van der Waals surface area contributed by atoms with Crippen molar-refractivity contribution in [3.63, 3.8) is 0 Å². The second-order valence-electron chi connectivity index (χ2n) is 5.24. The molecule has 0 atom stereocenters. The number of halogens is 1. The van der Waals surface area contributed by atoms with Crippen molar-refractivity contribution in [1.82, 2.24) is 25.4 Å². The summed E-state index contributed by atoms with van der Waals surface area (Å²) in [6.45, 7) is 1.17. The van der Waals surface area contributed by atoms with Crippen LogP contribution in [-0.2, 0) is 20.1 Å². The van der Waals surface area contributed by atoms with Gasteiger partial charge in [-0.15, -0.1) is 24.0 Å². The normalized spacial score (nSPS) is 11.0. The van der Waals surface area contributed by atoms with E-state index in [1.807, 2.05) is 48.1 Å². The van der Waals surface area contributed by atoms with E-state index in [0.29, 0.717) is 24.9 Å². The van der Waals surface area contributed by atoms with Crippen molar-refractivity contribution in [2.24, 2.45) is 12.0 Å². The van der Waals surface area contributed by atoms with Crippen LogP contribution < -0.4 is 10.6 Å². The lowest BCUT2D eigenvalue weighted by molar-refractivity contribution is 0.572. The van der Waals surface area contributed by atoms with E-state index in [0.717, 1.165) is 17.0 Å². The molecule has 132 valence electrons. The van der Waals surface area contributed by atoms with Crippen molar-refractivity contribution >= 4 is 29.9 Å². The Balaban J connectivity index is 0.00000225. The highest BCUT2D eigenvalue weighted by Crippen LogP contribution is 2.17. The standard InChI is InChI=1S/C17H20N6O.HI/c1-18-17(20-11-15-8-9-21-23(15)2)19-10-14-12-24-16(22-14)13-6-4-3-5-7-13;/h3-9,12H,10-11H2,1-2H3,(H2,18,19,20);1H. The van der Waals surface area contributed by atoms with Crippen LogP contribution in [0.1, 0.15) is 11.4 Å². The quantitative estimate of drug-likeness (QED) is 0.354. The minimum Gasteiger partial charge on any atom is -0.444 e. The number of hydrogen-bond donors (Lipinski definition) is 2. The fourth-order valence-corrected chi connectivity index (χ4v) is 2.25. The third kappa shape index (κ3) is 5.05. The number of nitrogens with zero attached hydrogens (tertiary/aromatic N) is 4. The average Bonchev–Trinajstić information content (AvgIpc) is 3.25. The molecule has 3 rings (SSSR count). The Kier molecular flexibility index (Phi) is 6.99. The number of oxazole rings is 1. The highest BCUT2D eigenvalue weighted by molar-refractivity contribution is 14.0. The summed E-state index contributed by atoms with van der Waals surface area (Å²) in [7, 11) is 3.64. The fraction of sp³-hybridized carbons (Fsp3) is 0.235. The molecule has 2 aromatic heterocycles. The molecule has 0 unspecified atom stereocenters. The van der Waals surface area contributed by atoms with Crippen molar-refractivity contribution in [2.45, 2.75) is 13.1 Å². The highest BCUT2D eigenvalue weighted by Gasteiger charge is 2.07. The van der Waals surface area contributed by atoms with Crippen LogP contribution in [0.2, 0.25) is 0 Å². The van der Waals surface area contributed by atoms with Gasteiger partial charge in [0.15, 0.2) is 5.96 Å². The predicted molar refractivity (Wildman–Crippen MR) is 108 cm³/mol. The molecule has 0 aliphatic carbocycles. The van der Waals surface area contributed by atoms with Gasteiger partial charge in [0.1, 0.15) is 6.26 Å². The third-order valence-electron chi connectivity index (χ3n) is 3.59. The molecular formula is C17H21IN6O. The van der Waals surface area contributed by atoms with E-state index in [1.165, 1.54) is 0 Å². The summed E-state index contributed by atoms with van der Waals surface area (Å²) in [5.74, 6) is 1.31. The van der Waals surface area contributed by atoms with Crippen molar-refractivity contribution in [1.29, 1.82) is 0 Å². The molecule has 0 amide bonds. The van der Waals surface area contributed by atoms with E-state index in [9.17, 15) is 0 Å². The van der Waals surface area contributed by atoms with Gasteiger partial charge in [0.2, 0.25) is 5.89 Å². The van der Waals surface area contributed by atoms with E-state index in [1.54, 1.807) is 19.5 Å². The molecule has 8 heteroatoms. The zero-order chi connectivity index (χ0) is 16.8. The van der Waals surface area contributed by atoms with E-state index in [4.69, 9.17) is 4.42 Å². The number of aryl methyl sites for hydroxylation is 1. The third-order valence-corrected chi connectivity index (χ3v) is 3.59. The summed E-state index contributed by atoms with van der Waals surface area (Å²) in [4.78, 5) is 8.69. The molecule has 0 fully saturated rings. The molecule has 2 N–H and O–H groups in total. The summed E-state index contributed by atoms with van der Waals surface area (Å²) in [6.07, 6.45) is 3.43. The number of nitrogens with one attached hydrogen (secondary N) is 2. The SMILES string of the molecule is CN=C(NCc1coc(-c2ccccc2)n1)NCc1ccnn1C.I. The first-order chi connectivity index (χ1) is 11.8. The van der Waals surface area contributed by atoms with Crippen molar-refractivity contribution in [3.05, 3.63) is 60.2 Å². The topological polar surface area (TPSA) is 80.3 Å². The van der Waals surface area contributed by atoms with Gasteiger partial charge in [0, 0.05) is 25.9 Å². The van der Waals surface area contributed by atoms with Gasteiger partial charge in [0.25, 0.3) is 0 Å². The number of aromatic nitrogens is 3. The largest absolute Gasteiger partial charge is 0.444 e. The number of hydrogen-bond acceptors (Lipinski definition) is 4. The van der Waals surface area contributed by atoms with E-state index in [2.05, 4.69) is 25.7 Å². The van der Waals surface area contributed by atoms with E-state index >= 15 is 0 Å². The summed E-state index contributed by atoms with van der Waals surface area (Å²) in [5, 5.41) is 10.6. The Bertz CT molecular complexity index is 811. The minimum atomic E-state index is 0. The van der Waals surface area contributed by atoms with Gasteiger partial charge in [-0.1, -0.05) is 18.2 Å². The predicted octanol–water partition coefficient (Wildman–Crippen LogP) is 2.56. The van der Waals surface area contributed by atoms with Crippen LogP contribution in [0.4, 0.5) is 0 Å². The monoisotopic (exact) mass is 452 g/mol. The maximum atomic E-state index is 5.53. The smallest absolute Gasteiger partial charge is 0.226 e. The molecule has 0 radical (unpaired) electrons. The Morgan fingerprint density at radius 2 is 1.92 bits per heavy atom. The number of rotatable bonds is 5. The van der Waals surface area contributed by atoms with Gasteiger partial charge >= 0.3 is 0 Å². The molecule has 25 heavy (non-hydrogen) atoms. The fourth-order valence-electron chi connectivity index (χ4n) is 2.25. The molecule has 0 saturated heterocycles. The van der Waals surface area contributed by atoms with Gasteiger partial charge in [-0.25, -0.2) is 4.98 Å². The number of benzene rings is 1. The highest BCUT2D eigenvalue weighted by atomic mass is 127. The van der Waals surface area contributed by atoms with Crippen molar-refractivity contribution < 1.29 is 4.42 Å². The zero-order valence-corrected chi connectivity index (χ0v) is 16.5. The molecule has 0 bridgehead atoms. The van der Waals surface area contributed by atoms with Gasteiger partial charge in [-0.05, 0) is 18.2 Å². The van der Waals surface area contributed by atoms with E-state index < -0.39 is 0 Å². The number of guanidine groups is 1. The van der Waals surface area contributed by atoms with Crippen LogP contribution >= 0.6 is 24.0 Å². The summed E-state index contributed by atoms with van der Waals surface area (Å²) < 4.78 is 7.35. The lowest BCUT2D eigenvalue weighted by atomic mass is 10.2. The molecule has 0 aliphatic heterocycles. The minimum absolute atomic E-state index is 0. The first-order valence-corrected chi connectivity index (χ1v) is 7.67. The molecule has 7 nitrogen and oxygen atoms in total. The van der Waals surface area contributed by atoms with E-state index in [-0.39, 0.29) is 24.0 Å². The van der Waals surface area contributed by atoms with Gasteiger partial charge < -0.3 is 15.1 Å². The van der Waals surface area contributed by atoms with Crippen LogP contribution in [0.15, 0.2) is 58.3 Å². The molecule has 3 aromatic rings. The van der Waals surface area contributed by atoms with Crippen LogP contribution in [-0.4, -0.2) is 27.8 Å². The Morgan fingerprint density at radius 3 is 2.60 bits per heavy atom. The first kappa shape index (κ1) is 19.0. The Labute approximate surface area is 163 Å². The zero-order valence-electron chi connectivity index (χ0n) is 14.1. The van der Waals surface area contributed by atoms with Crippen LogP contribution in [0.5, 0.6) is 0 Å². The second kappa shape index (κ2) is 9.21. The molecule has 0 spiro atoms. The lowest BCUT2D eigenvalue weighted by Crippen LogP contribution is -2.36. The average molecular weight is 452 g/mol. The Hall–Kier alpha value is -2.36. The maximum absolute atomic E-state index is 5.53. The lowest BCUT2D eigenvalue weighted by Gasteiger charge is -2.10. The van der Waals surface area contributed by atoms with Gasteiger partial charge in [-0.3, -0.25) is 9.67 Å². The summed E-state index contributed by atoms with van der Waals surface area (Å²) in [5.41, 5.74) is 2.85. The molecule has 0 aliphatic rings. The summed E-state index contributed by atoms with van der Waals surface area (Å²) >= 11 is 0.